The molecule has 0 aromatic rings. The van der Waals surface area contributed by atoms with E-state index in [0.29, 0.717) is 5.92 Å². The second kappa shape index (κ2) is 5.08. The highest BCUT2D eigenvalue weighted by atomic mass is 16.2. The van der Waals surface area contributed by atoms with Crippen LogP contribution in [0.3, 0.4) is 0 Å². The number of nitrogens with two attached hydrogens (primary N) is 1. The fourth-order valence-electron chi connectivity index (χ4n) is 5.42. The van der Waals surface area contributed by atoms with E-state index in [2.05, 4.69) is 6.92 Å². The molecule has 0 aromatic carbocycles. The van der Waals surface area contributed by atoms with Crippen LogP contribution in [0.25, 0.3) is 0 Å². The minimum atomic E-state index is -0.244. The molecule has 19 heavy (non-hydrogen) atoms. The van der Waals surface area contributed by atoms with E-state index in [1.165, 1.54) is 32.1 Å². The van der Waals surface area contributed by atoms with Crippen molar-refractivity contribution in [1.82, 2.24) is 4.90 Å². The van der Waals surface area contributed by atoms with Gasteiger partial charge in [-0.3, -0.25) is 4.79 Å². The average Bonchev–Trinajstić information content (AvgIpc) is 2.36. The highest BCUT2D eigenvalue weighted by molar-refractivity contribution is 5.81. The molecule has 4 fully saturated rings. The van der Waals surface area contributed by atoms with Crippen LogP contribution in [0.4, 0.5) is 0 Å². The average molecular weight is 264 g/mol. The minimum Gasteiger partial charge on any atom is -0.344 e. The quantitative estimate of drug-likeness (QED) is 0.846. The molecule has 4 rings (SSSR count). The molecule has 4 aliphatic rings. The molecule has 0 radical (unpaired) electrons. The number of hydrogen-bond acceptors (Lipinski definition) is 2. The van der Waals surface area contributed by atoms with Crippen LogP contribution in [0.2, 0.25) is 0 Å². The van der Waals surface area contributed by atoms with E-state index in [0.717, 1.165) is 36.6 Å². The van der Waals surface area contributed by atoms with Gasteiger partial charge in [-0.05, 0) is 68.1 Å². The summed E-state index contributed by atoms with van der Waals surface area (Å²) in [4.78, 5) is 14.3. The largest absolute Gasteiger partial charge is 0.344 e. The van der Waals surface area contributed by atoms with E-state index in [1.54, 1.807) is 0 Å². The van der Waals surface area contributed by atoms with Crippen molar-refractivity contribution < 1.29 is 4.79 Å². The summed E-state index contributed by atoms with van der Waals surface area (Å²) in [6, 6.07) is -0.244. The first-order valence-electron chi connectivity index (χ1n) is 8.10. The SMILES string of the molecule is CCCN(C)C(=O)C(N)C1C2CC3CC(C2)CC1C3. The Kier molecular flexibility index (Phi) is 3.59. The maximum Gasteiger partial charge on any atom is 0.239 e. The predicted molar refractivity (Wildman–Crippen MR) is 76.4 cm³/mol. The molecule has 1 amide bonds. The first kappa shape index (κ1) is 13.4. The Labute approximate surface area is 116 Å². The fraction of sp³-hybridized carbons (Fsp3) is 0.938. The van der Waals surface area contributed by atoms with Gasteiger partial charge >= 0.3 is 0 Å². The molecule has 1 unspecified atom stereocenters. The zero-order valence-corrected chi connectivity index (χ0v) is 12.3. The molecule has 0 aliphatic heterocycles. The number of rotatable bonds is 4. The minimum absolute atomic E-state index is 0.180. The molecule has 0 saturated heterocycles. The summed E-state index contributed by atoms with van der Waals surface area (Å²) in [7, 11) is 1.90. The van der Waals surface area contributed by atoms with Gasteiger partial charge < -0.3 is 10.6 Å². The first-order chi connectivity index (χ1) is 9.10. The van der Waals surface area contributed by atoms with E-state index in [9.17, 15) is 4.79 Å². The third kappa shape index (κ3) is 2.31. The standard InChI is InChI=1S/C16H28N2O/c1-3-4-18(2)16(19)15(17)14-12-6-10-5-11(8-12)9-13(14)7-10/h10-15H,3-9,17H2,1-2H3. The van der Waals surface area contributed by atoms with Crippen LogP contribution < -0.4 is 5.73 Å². The number of likely N-dealkylation sites (N-methyl/N-ethyl adjacent to an activating group) is 1. The summed E-state index contributed by atoms with van der Waals surface area (Å²) in [5, 5.41) is 0. The van der Waals surface area contributed by atoms with Crippen molar-refractivity contribution in [1.29, 1.82) is 0 Å². The Morgan fingerprint density at radius 2 is 1.68 bits per heavy atom. The van der Waals surface area contributed by atoms with Gasteiger partial charge in [-0.25, -0.2) is 0 Å². The number of hydrogen-bond donors (Lipinski definition) is 1. The van der Waals surface area contributed by atoms with Gasteiger partial charge in [-0.1, -0.05) is 6.92 Å². The smallest absolute Gasteiger partial charge is 0.239 e. The molecule has 108 valence electrons. The molecule has 4 bridgehead atoms. The van der Waals surface area contributed by atoms with E-state index in [-0.39, 0.29) is 11.9 Å². The van der Waals surface area contributed by atoms with Gasteiger partial charge in [0.25, 0.3) is 0 Å². The lowest BCUT2D eigenvalue weighted by Gasteiger charge is -2.55. The second-order valence-corrected chi connectivity index (χ2v) is 7.29. The van der Waals surface area contributed by atoms with Crippen LogP contribution in [0.1, 0.15) is 45.4 Å². The fourth-order valence-corrected chi connectivity index (χ4v) is 5.42. The van der Waals surface area contributed by atoms with Crippen LogP contribution in [-0.4, -0.2) is 30.4 Å². The molecule has 2 N–H and O–H groups in total. The summed E-state index contributed by atoms with van der Waals surface area (Å²) in [5.74, 6) is 4.04. The number of carbonyl (C=O) groups is 1. The Morgan fingerprint density at radius 1 is 1.16 bits per heavy atom. The maximum atomic E-state index is 12.5. The van der Waals surface area contributed by atoms with Crippen LogP contribution in [0.15, 0.2) is 0 Å². The summed E-state index contributed by atoms with van der Waals surface area (Å²) in [6.45, 7) is 2.94. The lowest BCUT2D eigenvalue weighted by atomic mass is 9.50. The third-order valence-corrected chi connectivity index (χ3v) is 5.93. The molecule has 3 nitrogen and oxygen atoms in total. The zero-order chi connectivity index (χ0) is 13.6. The number of nitrogens with zero attached hydrogens (tertiary/aromatic N) is 1. The Morgan fingerprint density at radius 3 is 2.16 bits per heavy atom. The highest BCUT2D eigenvalue weighted by Crippen LogP contribution is 2.57. The molecular weight excluding hydrogens is 236 g/mol. The molecule has 4 saturated carbocycles. The van der Waals surface area contributed by atoms with E-state index in [1.807, 2.05) is 11.9 Å². The normalized spacial score (nSPS) is 41.3. The number of amides is 1. The topological polar surface area (TPSA) is 46.3 Å². The molecule has 0 aromatic heterocycles. The lowest BCUT2D eigenvalue weighted by Crippen LogP contribution is -2.56. The predicted octanol–water partition coefficient (Wildman–Crippen LogP) is 2.25. The van der Waals surface area contributed by atoms with Crippen molar-refractivity contribution in [3.63, 3.8) is 0 Å². The van der Waals surface area contributed by atoms with Gasteiger partial charge in [0.1, 0.15) is 0 Å². The van der Waals surface area contributed by atoms with Gasteiger partial charge in [0.2, 0.25) is 5.91 Å². The van der Waals surface area contributed by atoms with Crippen LogP contribution >= 0.6 is 0 Å². The van der Waals surface area contributed by atoms with Crippen molar-refractivity contribution >= 4 is 5.91 Å². The zero-order valence-electron chi connectivity index (χ0n) is 12.3. The third-order valence-electron chi connectivity index (χ3n) is 5.93. The van der Waals surface area contributed by atoms with E-state index in [4.69, 9.17) is 5.73 Å². The summed E-state index contributed by atoms with van der Waals surface area (Å²) in [5.41, 5.74) is 6.38. The molecule has 0 heterocycles. The van der Waals surface area contributed by atoms with Gasteiger partial charge in [0.05, 0.1) is 6.04 Å². The Hall–Kier alpha value is -0.570. The van der Waals surface area contributed by atoms with E-state index < -0.39 is 0 Å². The van der Waals surface area contributed by atoms with E-state index >= 15 is 0 Å². The van der Waals surface area contributed by atoms with Crippen molar-refractivity contribution in [3.05, 3.63) is 0 Å². The molecular formula is C16H28N2O. The Balaban J connectivity index is 1.70. The van der Waals surface area contributed by atoms with Crippen molar-refractivity contribution in [3.8, 4) is 0 Å². The monoisotopic (exact) mass is 264 g/mol. The lowest BCUT2D eigenvalue weighted by molar-refractivity contribution is -0.137. The highest BCUT2D eigenvalue weighted by Gasteiger charge is 2.51. The molecule has 3 heteroatoms. The van der Waals surface area contributed by atoms with Crippen LogP contribution in [-0.2, 0) is 4.79 Å². The van der Waals surface area contributed by atoms with Crippen molar-refractivity contribution in [2.45, 2.75) is 51.5 Å². The van der Waals surface area contributed by atoms with Crippen LogP contribution in [0.5, 0.6) is 0 Å². The van der Waals surface area contributed by atoms with Crippen molar-refractivity contribution in [2.75, 3.05) is 13.6 Å². The summed E-state index contributed by atoms with van der Waals surface area (Å²) >= 11 is 0. The summed E-state index contributed by atoms with van der Waals surface area (Å²) in [6.07, 6.45) is 7.84. The number of carbonyl (C=O) groups excluding carboxylic acids is 1. The summed E-state index contributed by atoms with van der Waals surface area (Å²) < 4.78 is 0. The Bertz CT molecular complexity index is 327. The van der Waals surface area contributed by atoms with Gasteiger partial charge in [0, 0.05) is 13.6 Å². The second-order valence-electron chi connectivity index (χ2n) is 7.29. The molecule has 4 aliphatic carbocycles. The molecule has 0 spiro atoms. The van der Waals surface area contributed by atoms with Gasteiger partial charge in [-0.2, -0.15) is 0 Å². The van der Waals surface area contributed by atoms with Crippen molar-refractivity contribution in [2.24, 2.45) is 35.3 Å². The molecule has 1 atom stereocenters. The first-order valence-corrected chi connectivity index (χ1v) is 8.10. The van der Waals surface area contributed by atoms with Crippen LogP contribution in [0, 0.1) is 29.6 Å². The van der Waals surface area contributed by atoms with Gasteiger partial charge in [0.15, 0.2) is 0 Å². The van der Waals surface area contributed by atoms with Gasteiger partial charge in [-0.15, -0.1) is 0 Å². The maximum absolute atomic E-state index is 12.5.